The summed E-state index contributed by atoms with van der Waals surface area (Å²) < 4.78 is 0. The number of para-hydroxylation sites is 1. The summed E-state index contributed by atoms with van der Waals surface area (Å²) in [5, 5.41) is 8.63. The molecule has 0 saturated heterocycles. The van der Waals surface area contributed by atoms with Gasteiger partial charge in [-0.3, -0.25) is 4.79 Å². The molecule has 1 rings (SSSR count). The Hall–Kier alpha value is -1.35. The predicted molar refractivity (Wildman–Crippen MR) is 46.9 cm³/mol. The number of nitrogens with zero attached hydrogens (tertiary/aromatic N) is 1. The number of carbonyl (C=O) groups is 1. The minimum Gasteiger partial charge on any atom is -0.395 e. The molecule has 0 aromatic heterocycles. The van der Waals surface area contributed by atoms with Crippen molar-refractivity contribution in [1.82, 2.24) is 0 Å². The molecule has 3 heteroatoms. The van der Waals surface area contributed by atoms with Crippen molar-refractivity contribution in [3.8, 4) is 0 Å². The number of amides is 1. The molecule has 0 aliphatic heterocycles. The van der Waals surface area contributed by atoms with Crippen LogP contribution in [0.5, 0.6) is 0 Å². The lowest BCUT2D eigenvalue weighted by Gasteiger charge is -2.15. The van der Waals surface area contributed by atoms with Gasteiger partial charge in [0.15, 0.2) is 0 Å². The Bertz CT molecular complexity index is 236. The van der Waals surface area contributed by atoms with Crippen LogP contribution in [-0.2, 0) is 4.79 Å². The van der Waals surface area contributed by atoms with E-state index in [1.54, 1.807) is 0 Å². The van der Waals surface area contributed by atoms with Gasteiger partial charge in [-0.25, -0.2) is 0 Å². The lowest BCUT2D eigenvalue weighted by molar-refractivity contribution is -0.107. The molecule has 64 valence electrons. The average Bonchev–Trinajstić information content (AvgIpc) is 2.15. The third kappa shape index (κ3) is 2.07. The highest BCUT2D eigenvalue weighted by molar-refractivity contribution is 5.74. The second-order valence-electron chi connectivity index (χ2n) is 2.36. The monoisotopic (exact) mass is 165 g/mol. The summed E-state index contributed by atoms with van der Waals surface area (Å²) in [6.07, 6.45) is 0.714. The highest BCUT2D eigenvalue weighted by atomic mass is 16.3. The van der Waals surface area contributed by atoms with E-state index in [9.17, 15) is 4.79 Å². The van der Waals surface area contributed by atoms with E-state index in [0.29, 0.717) is 13.0 Å². The largest absolute Gasteiger partial charge is 0.395 e. The summed E-state index contributed by atoms with van der Waals surface area (Å²) in [4.78, 5) is 12.0. The van der Waals surface area contributed by atoms with Crippen LogP contribution in [0.1, 0.15) is 0 Å². The standard InChI is InChI=1S/C9H11NO2/c11-7-6-10(8-12)9-4-2-1-3-5-9/h1-5,8,11H,6-7H2. The molecule has 0 fully saturated rings. The van der Waals surface area contributed by atoms with Crippen LogP contribution < -0.4 is 4.90 Å². The number of rotatable bonds is 4. The second-order valence-corrected chi connectivity index (χ2v) is 2.36. The molecule has 0 saturated carbocycles. The Morgan fingerprint density at radius 1 is 1.33 bits per heavy atom. The quantitative estimate of drug-likeness (QED) is 0.665. The number of hydrogen-bond donors (Lipinski definition) is 1. The summed E-state index contributed by atoms with van der Waals surface area (Å²) in [5.41, 5.74) is 0.807. The van der Waals surface area contributed by atoms with Crippen molar-refractivity contribution in [3.05, 3.63) is 30.3 Å². The molecule has 1 N–H and O–H groups in total. The first kappa shape index (κ1) is 8.74. The van der Waals surface area contributed by atoms with Crippen molar-refractivity contribution >= 4 is 12.1 Å². The smallest absolute Gasteiger partial charge is 0.214 e. The van der Waals surface area contributed by atoms with Crippen molar-refractivity contribution in [2.75, 3.05) is 18.1 Å². The number of anilines is 1. The van der Waals surface area contributed by atoms with Gasteiger partial charge in [-0.1, -0.05) is 18.2 Å². The highest BCUT2D eigenvalue weighted by Gasteiger charge is 2.01. The topological polar surface area (TPSA) is 40.5 Å². The minimum absolute atomic E-state index is 0.0202. The van der Waals surface area contributed by atoms with Crippen LogP contribution in [0.4, 0.5) is 5.69 Å². The molecule has 1 aromatic carbocycles. The van der Waals surface area contributed by atoms with Gasteiger partial charge in [-0.05, 0) is 12.1 Å². The van der Waals surface area contributed by atoms with E-state index in [-0.39, 0.29) is 6.61 Å². The Morgan fingerprint density at radius 2 is 2.00 bits per heavy atom. The zero-order valence-corrected chi connectivity index (χ0v) is 6.68. The fourth-order valence-corrected chi connectivity index (χ4v) is 0.970. The van der Waals surface area contributed by atoms with E-state index in [2.05, 4.69) is 0 Å². The van der Waals surface area contributed by atoms with E-state index < -0.39 is 0 Å². The SMILES string of the molecule is O=CN(CCO)c1ccccc1. The van der Waals surface area contributed by atoms with Crippen LogP contribution in [0.25, 0.3) is 0 Å². The van der Waals surface area contributed by atoms with Crippen molar-refractivity contribution in [3.63, 3.8) is 0 Å². The first-order chi connectivity index (χ1) is 5.88. The molecule has 1 aromatic rings. The van der Waals surface area contributed by atoms with E-state index in [1.165, 1.54) is 4.90 Å². The number of hydrogen-bond acceptors (Lipinski definition) is 2. The number of aliphatic hydroxyl groups excluding tert-OH is 1. The molecule has 0 atom stereocenters. The van der Waals surface area contributed by atoms with Crippen LogP contribution in [0.15, 0.2) is 30.3 Å². The Kier molecular flexibility index (Phi) is 3.29. The van der Waals surface area contributed by atoms with Gasteiger partial charge in [-0.2, -0.15) is 0 Å². The molecule has 0 spiro atoms. The van der Waals surface area contributed by atoms with Gasteiger partial charge in [0, 0.05) is 12.2 Å². The second kappa shape index (κ2) is 4.51. The van der Waals surface area contributed by atoms with Crippen LogP contribution in [0, 0.1) is 0 Å². The first-order valence-corrected chi connectivity index (χ1v) is 3.76. The fraction of sp³-hybridized carbons (Fsp3) is 0.222. The van der Waals surface area contributed by atoms with E-state index in [1.807, 2.05) is 30.3 Å². The minimum atomic E-state index is -0.0202. The number of benzene rings is 1. The van der Waals surface area contributed by atoms with Gasteiger partial charge in [0.05, 0.1) is 6.61 Å². The molecule has 1 amide bonds. The summed E-state index contributed by atoms with van der Waals surface area (Å²) in [7, 11) is 0. The zero-order chi connectivity index (χ0) is 8.81. The summed E-state index contributed by atoms with van der Waals surface area (Å²) in [6.45, 7) is 0.321. The van der Waals surface area contributed by atoms with Crippen LogP contribution in [0.2, 0.25) is 0 Å². The molecule has 12 heavy (non-hydrogen) atoms. The molecule has 0 radical (unpaired) electrons. The third-order valence-electron chi connectivity index (χ3n) is 1.56. The lowest BCUT2D eigenvalue weighted by atomic mass is 10.3. The van der Waals surface area contributed by atoms with Crippen molar-refractivity contribution in [2.45, 2.75) is 0 Å². The third-order valence-corrected chi connectivity index (χ3v) is 1.56. The lowest BCUT2D eigenvalue weighted by Crippen LogP contribution is -2.24. The van der Waals surface area contributed by atoms with Crippen molar-refractivity contribution in [2.24, 2.45) is 0 Å². The van der Waals surface area contributed by atoms with Gasteiger partial charge in [0.25, 0.3) is 0 Å². The molecular formula is C9H11NO2. The van der Waals surface area contributed by atoms with Gasteiger partial charge in [0.1, 0.15) is 0 Å². The van der Waals surface area contributed by atoms with Gasteiger partial charge >= 0.3 is 0 Å². The van der Waals surface area contributed by atoms with Crippen LogP contribution >= 0.6 is 0 Å². The molecule has 0 bridgehead atoms. The summed E-state index contributed by atoms with van der Waals surface area (Å²) in [5.74, 6) is 0. The molecular weight excluding hydrogens is 154 g/mol. The fourth-order valence-electron chi connectivity index (χ4n) is 0.970. The number of carbonyl (C=O) groups excluding carboxylic acids is 1. The first-order valence-electron chi connectivity index (χ1n) is 3.76. The van der Waals surface area contributed by atoms with Crippen molar-refractivity contribution < 1.29 is 9.90 Å². The Labute approximate surface area is 71.2 Å². The Morgan fingerprint density at radius 3 is 2.50 bits per heavy atom. The van der Waals surface area contributed by atoms with Crippen LogP contribution in [-0.4, -0.2) is 24.7 Å². The maximum Gasteiger partial charge on any atom is 0.214 e. The molecule has 0 aliphatic carbocycles. The normalized spacial score (nSPS) is 9.42. The van der Waals surface area contributed by atoms with E-state index in [0.717, 1.165) is 5.69 Å². The van der Waals surface area contributed by atoms with E-state index >= 15 is 0 Å². The van der Waals surface area contributed by atoms with Crippen molar-refractivity contribution in [1.29, 1.82) is 0 Å². The average molecular weight is 165 g/mol. The van der Waals surface area contributed by atoms with Gasteiger partial charge < -0.3 is 10.0 Å². The summed E-state index contributed by atoms with van der Waals surface area (Å²) in [6, 6.07) is 9.23. The molecule has 0 heterocycles. The van der Waals surface area contributed by atoms with E-state index in [4.69, 9.17) is 5.11 Å². The highest BCUT2D eigenvalue weighted by Crippen LogP contribution is 2.09. The molecule has 0 unspecified atom stereocenters. The van der Waals surface area contributed by atoms with Crippen LogP contribution in [0.3, 0.4) is 0 Å². The molecule has 0 aliphatic rings. The molecule has 3 nitrogen and oxygen atoms in total. The Balaban J connectivity index is 2.73. The zero-order valence-electron chi connectivity index (χ0n) is 6.68. The van der Waals surface area contributed by atoms with Gasteiger partial charge in [0.2, 0.25) is 6.41 Å². The summed E-state index contributed by atoms with van der Waals surface area (Å²) >= 11 is 0. The van der Waals surface area contributed by atoms with Gasteiger partial charge in [-0.15, -0.1) is 0 Å². The predicted octanol–water partition coefficient (Wildman–Crippen LogP) is 0.642. The number of aliphatic hydroxyl groups is 1. The maximum absolute atomic E-state index is 10.5. The maximum atomic E-state index is 10.5.